The number of fused-ring (bicyclic) bond motifs is 1. The minimum atomic E-state index is 0.778. The highest BCUT2D eigenvalue weighted by Gasteiger charge is 2.27. The van der Waals surface area contributed by atoms with Crippen molar-refractivity contribution in [3.63, 3.8) is 0 Å². The molecule has 0 spiro atoms. The Balaban J connectivity index is 1.13. The Morgan fingerprint density at radius 1 is 0.912 bits per heavy atom. The van der Waals surface area contributed by atoms with E-state index in [0.29, 0.717) is 0 Å². The molecule has 0 unspecified atom stereocenters. The maximum absolute atomic E-state index is 4.77. The standard InChI is InChI=1S/C28H40N6/c1-20-17-21(2)30-28-27(20)31-22(3)34(28)19-24-5-7-25(8-6-24)29-18-23-9-15-33(16-10-23)26-11-13-32(4)14-12-26/h5-8,17,23,26,29H,9-16,18-19H2,1-4H3. The molecular formula is C28H40N6. The molecule has 5 rings (SSSR count). The van der Waals surface area contributed by atoms with Gasteiger partial charge in [0.2, 0.25) is 0 Å². The van der Waals surface area contributed by atoms with Crippen molar-refractivity contribution in [2.24, 2.45) is 5.92 Å². The third kappa shape index (κ3) is 5.13. The van der Waals surface area contributed by atoms with E-state index in [0.717, 1.165) is 47.7 Å². The van der Waals surface area contributed by atoms with Crippen LogP contribution >= 0.6 is 0 Å². The summed E-state index contributed by atoms with van der Waals surface area (Å²) >= 11 is 0. The molecule has 0 bridgehead atoms. The normalized spacial score (nSPS) is 19.2. The zero-order chi connectivity index (χ0) is 23.7. The minimum Gasteiger partial charge on any atom is -0.385 e. The van der Waals surface area contributed by atoms with E-state index in [4.69, 9.17) is 9.97 Å². The highest BCUT2D eigenvalue weighted by molar-refractivity contribution is 5.76. The van der Waals surface area contributed by atoms with Crippen LogP contribution in [0.1, 0.15) is 48.3 Å². The SMILES string of the molecule is Cc1cc(C)c2nc(C)n(Cc3ccc(NCC4CCN(C5CCN(C)CC5)CC4)cc3)c2n1. The molecule has 34 heavy (non-hydrogen) atoms. The number of aromatic nitrogens is 3. The quantitative estimate of drug-likeness (QED) is 0.582. The van der Waals surface area contributed by atoms with Gasteiger partial charge in [-0.25, -0.2) is 9.97 Å². The Hall–Kier alpha value is -2.44. The van der Waals surface area contributed by atoms with Crippen LogP contribution in [0.15, 0.2) is 30.3 Å². The number of nitrogens with one attached hydrogen (secondary N) is 1. The Labute approximate surface area is 204 Å². The van der Waals surface area contributed by atoms with Gasteiger partial charge in [0.1, 0.15) is 11.3 Å². The number of nitrogens with zero attached hydrogens (tertiary/aromatic N) is 5. The van der Waals surface area contributed by atoms with E-state index >= 15 is 0 Å². The summed E-state index contributed by atoms with van der Waals surface area (Å²) in [6.07, 6.45) is 5.32. The summed E-state index contributed by atoms with van der Waals surface area (Å²) in [5.74, 6) is 1.80. The fraction of sp³-hybridized carbons (Fsp3) is 0.571. The van der Waals surface area contributed by atoms with Crippen molar-refractivity contribution < 1.29 is 0 Å². The number of rotatable bonds is 6. The largest absolute Gasteiger partial charge is 0.385 e. The molecule has 0 atom stereocenters. The van der Waals surface area contributed by atoms with E-state index in [1.165, 1.54) is 68.7 Å². The van der Waals surface area contributed by atoms with E-state index in [1.54, 1.807) is 0 Å². The lowest BCUT2D eigenvalue weighted by Crippen LogP contribution is -2.47. The number of piperidine rings is 2. The first-order chi connectivity index (χ1) is 16.5. The molecule has 0 radical (unpaired) electrons. The van der Waals surface area contributed by atoms with Crippen LogP contribution in [0.2, 0.25) is 0 Å². The maximum atomic E-state index is 4.77. The third-order valence-electron chi connectivity index (χ3n) is 7.96. The first-order valence-electron chi connectivity index (χ1n) is 13.0. The van der Waals surface area contributed by atoms with Crippen molar-refractivity contribution >= 4 is 16.9 Å². The van der Waals surface area contributed by atoms with Crippen molar-refractivity contribution in [1.82, 2.24) is 24.3 Å². The predicted molar refractivity (Wildman–Crippen MR) is 141 cm³/mol. The summed E-state index contributed by atoms with van der Waals surface area (Å²) in [6, 6.07) is 11.8. The summed E-state index contributed by atoms with van der Waals surface area (Å²) in [5.41, 5.74) is 6.75. The second-order valence-electron chi connectivity index (χ2n) is 10.6. The molecule has 6 heteroatoms. The topological polar surface area (TPSA) is 49.2 Å². The van der Waals surface area contributed by atoms with Crippen molar-refractivity contribution in [2.75, 3.05) is 45.1 Å². The molecule has 182 valence electrons. The van der Waals surface area contributed by atoms with Crippen molar-refractivity contribution in [1.29, 1.82) is 0 Å². The molecule has 2 aliphatic rings. The number of hydrogen-bond donors (Lipinski definition) is 1. The fourth-order valence-electron chi connectivity index (χ4n) is 5.76. The fourth-order valence-corrected chi connectivity index (χ4v) is 5.76. The molecule has 4 heterocycles. The zero-order valence-corrected chi connectivity index (χ0v) is 21.3. The van der Waals surface area contributed by atoms with Crippen LogP contribution in [0.25, 0.3) is 11.2 Å². The monoisotopic (exact) mass is 460 g/mol. The van der Waals surface area contributed by atoms with Gasteiger partial charge in [-0.3, -0.25) is 0 Å². The van der Waals surface area contributed by atoms with Crippen LogP contribution in [0.3, 0.4) is 0 Å². The van der Waals surface area contributed by atoms with Crippen molar-refractivity contribution in [2.45, 2.75) is 59.0 Å². The number of pyridine rings is 1. The highest BCUT2D eigenvalue weighted by atomic mass is 15.2. The molecule has 2 saturated heterocycles. The van der Waals surface area contributed by atoms with Crippen LogP contribution < -0.4 is 5.32 Å². The first-order valence-corrected chi connectivity index (χ1v) is 13.0. The van der Waals surface area contributed by atoms with Gasteiger partial charge in [0.05, 0.1) is 6.54 Å². The lowest BCUT2D eigenvalue weighted by Gasteiger charge is -2.41. The zero-order valence-electron chi connectivity index (χ0n) is 21.3. The van der Waals surface area contributed by atoms with E-state index in [9.17, 15) is 0 Å². The molecule has 3 aromatic rings. The van der Waals surface area contributed by atoms with Gasteiger partial charge in [0, 0.05) is 24.0 Å². The van der Waals surface area contributed by atoms with Gasteiger partial charge in [-0.2, -0.15) is 0 Å². The van der Waals surface area contributed by atoms with Crippen LogP contribution in [0, 0.1) is 26.7 Å². The highest BCUT2D eigenvalue weighted by Crippen LogP contribution is 2.25. The molecule has 2 aromatic heterocycles. The Kier molecular flexibility index (Phi) is 6.89. The van der Waals surface area contributed by atoms with Gasteiger partial charge < -0.3 is 19.7 Å². The average Bonchev–Trinajstić information content (AvgIpc) is 3.15. The van der Waals surface area contributed by atoms with Crippen LogP contribution in [0.5, 0.6) is 0 Å². The summed E-state index contributed by atoms with van der Waals surface area (Å²) < 4.78 is 2.23. The first kappa shape index (κ1) is 23.3. The van der Waals surface area contributed by atoms with Crippen molar-refractivity contribution in [3.8, 4) is 0 Å². The molecule has 0 amide bonds. The van der Waals surface area contributed by atoms with Gasteiger partial charge in [-0.1, -0.05) is 12.1 Å². The number of anilines is 1. The third-order valence-corrected chi connectivity index (χ3v) is 7.96. The van der Waals surface area contributed by atoms with E-state index < -0.39 is 0 Å². The molecule has 2 aliphatic heterocycles. The Bertz CT molecular complexity index is 1100. The molecular weight excluding hydrogens is 420 g/mol. The van der Waals surface area contributed by atoms with Crippen LogP contribution in [0.4, 0.5) is 5.69 Å². The van der Waals surface area contributed by atoms with Gasteiger partial charge in [-0.15, -0.1) is 0 Å². The van der Waals surface area contributed by atoms with Crippen LogP contribution in [-0.4, -0.2) is 70.1 Å². The molecule has 1 aromatic carbocycles. The number of benzene rings is 1. The summed E-state index contributed by atoms with van der Waals surface area (Å²) in [5, 5.41) is 3.70. The second kappa shape index (κ2) is 10.0. The minimum absolute atomic E-state index is 0.778. The van der Waals surface area contributed by atoms with Crippen LogP contribution in [-0.2, 0) is 6.54 Å². The molecule has 0 aliphatic carbocycles. The van der Waals surface area contributed by atoms with Gasteiger partial charge >= 0.3 is 0 Å². The van der Waals surface area contributed by atoms with Crippen molar-refractivity contribution in [3.05, 3.63) is 53.0 Å². The number of likely N-dealkylation sites (tertiary alicyclic amines) is 2. The molecule has 0 saturated carbocycles. The maximum Gasteiger partial charge on any atom is 0.160 e. The lowest BCUT2D eigenvalue weighted by molar-refractivity contribution is 0.0877. The number of imidazole rings is 1. The average molecular weight is 461 g/mol. The molecule has 2 fully saturated rings. The van der Waals surface area contributed by atoms with Gasteiger partial charge in [0.15, 0.2) is 5.65 Å². The summed E-state index contributed by atoms with van der Waals surface area (Å²) in [4.78, 5) is 14.8. The molecule has 1 N–H and O–H groups in total. The summed E-state index contributed by atoms with van der Waals surface area (Å²) in [7, 11) is 2.25. The van der Waals surface area contributed by atoms with E-state index in [2.05, 4.69) is 77.8 Å². The lowest BCUT2D eigenvalue weighted by atomic mass is 9.93. The second-order valence-corrected chi connectivity index (χ2v) is 10.6. The van der Waals surface area contributed by atoms with Gasteiger partial charge in [0.25, 0.3) is 0 Å². The smallest absolute Gasteiger partial charge is 0.160 e. The molecule has 6 nitrogen and oxygen atoms in total. The van der Waals surface area contributed by atoms with Gasteiger partial charge in [-0.05, 0) is 115 Å². The Morgan fingerprint density at radius 3 is 2.32 bits per heavy atom. The number of aryl methyl sites for hydroxylation is 3. The number of hydrogen-bond acceptors (Lipinski definition) is 5. The van der Waals surface area contributed by atoms with E-state index in [-0.39, 0.29) is 0 Å². The van der Waals surface area contributed by atoms with E-state index in [1.807, 2.05) is 0 Å². The summed E-state index contributed by atoms with van der Waals surface area (Å²) in [6.45, 7) is 13.2. The Morgan fingerprint density at radius 2 is 1.62 bits per heavy atom. The predicted octanol–water partition coefficient (Wildman–Crippen LogP) is 4.62.